The topological polar surface area (TPSA) is 140 Å². The van der Waals surface area contributed by atoms with Gasteiger partial charge in [-0.05, 0) is 31.3 Å². The van der Waals surface area contributed by atoms with Gasteiger partial charge in [0.1, 0.15) is 23.6 Å². The molecule has 4 aromatic rings. The number of hydrogen-bond acceptors (Lipinski definition) is 8. The molecule has 12 heteroatoms. The monoisotopic (exact) mass is 414 g/mol. The van der Waals surface area contributed by atoms with Crippen LogP contribution in [0.1, 0.15) is 0 Å². The summed E-state index contributed by atoms with van der Waals surface area (Å²) in [5.74, 6) is 0.898. The minimum absolute atomic E-state index is 0.0904. The number of methoxy groups -OCH3 is 1. The largest absolute Gasteiger partial charge is 0.495 e. The van der Waals surface area contributed by atoms with E-state index in [4.69, 9.17) is 4.74 Å². The lowest BCUT2D eigenvalue weighted by Gasteiger charge is -2.13. The van der Waals surface area contributed by atoms with E-state index in [1.807, 2.05) is 13.1 Å². The van der Waals surface area contributed by atoms with Gasteiger partial charge in [0.25, 0.3) is 0 Å². The van der Waals surface area contributed by atoms with Crippen molar-refractivity contribution in [3.05, 3.63) is 36.8 Å². The Kier molecular flexibility index (Phi) is 4.64. The van der Waals surface area contributed by atoms with E-state index < -0.39 is 10.0 Å². The first kappa shape index (κ1) is 18.8. The number of ether oxygens (including phenoxy) is 1. The van der Waals surface area contributed by atoms with Crippen LogP contribution in [0.4, 0.5) is 11.5 Å². The van der Waals surface area contributed by atoms with Crippen molar-refractivity contribution < 1.29 is 13.2 Å². The molecule has 4 rings (SSSR count). The molecule has 0 saturated heterocycles. The second-order valence-corrected chi connectivity index (χ2v) is 7.94. The van der Waals surface area contributed by atoms with Crippen molar-refractivity contribution >= 4 is 32.6 Å². The van der Waals surface area contributed by atoms with Crippen LogP contribution in [0.5, 0.6) is 5.75 Å². The fraction of sp³-hybridized carbons (Fsp3) is 0.176. The second-order valence-electron chi connectivity index (χ2n) is 6.05. The zero-order valence-corrected chi connectivity index (χ0v) is 16.6. The highest BCUT2D eigenvalue weighted by atomic mass is 32.2. The highest BCUT2D eigenvalue weighted by Crippen LogP contribution is 2.34. The summed E-state index contributed by atoms with van der Waals surface area (Å²) < 4.78 is 33.7. The first-order valence-electron chi connectivity index (χ1n) is 8.50. The van der Waals surface area contributed by atoms with Crippen molar-refractivity contribution in [3.63, 3.8) is 0 Å². The van der Waals surface area contributed by atoms with Gasteiger partial charge in [0.15, 0.2) is 5.65 Å². The van der Waals surface area contributed by atoms with Crippen molar-refractivity contribution in [1.29, 1.82) is 0 Å². The number of benzene rings is 1. The Morgan fingerprint density at radius 2 is 2.03 bits per heavy atom. The van der Waals surface area contributed by atoms with E-state index in [0.29, 0.717) is 34.0 Å². The number of nitrogens with zero attached hydrogens (tertiary/aromatic N) is 5. The number of aryl methyl sites for hydroxylation is 1. The number of anilines is 2. The van der Waals surface area contributed by atoms with E-state index in [1.54, 1.807) is 16.9 Å². The summed E-state index contributed by atoms with van der Waals surface area (Å²) >= 11 is 0. The maximum absolute atomic E-state index is 12.2. The Labute approximate surface area is 166 Å². The molecule has 3 N–H and O–H groups in total. The molecule has 0 aliphatic rings. The van der Waals surface area contributed by atoms with Crippen LogP contribution in [-0.2, 0) is 17.1 Å². The van der Waals surface area contributed by atoms with Crippen molar-refractivity contribution in [2.24, 2.45) is 7.05 Å². The minimum atomic E-state index is -3.63. The summed E-state index contributed by atoms with van der Waals surface area (Å²) in [6.45, 7) is 0. The third-order valence-electron chi connectivity index (χ3n) is 4.42. The predicted molar refractivity (Wildman–Crippen MR) is 106 cm³/mol. The second kappa shape index (κ2) is 7.14. The normalized spacial score (nSPS) is 11.7. The van der Waals surface area contributed by atoms with Gasteiger partial charge in [-0.15, -0.1) is 0 Å². The molecule has 0 fully saturated rings. The summed E-state index contributed by atoms with van der Waals surface area (Å²) in [5.41, 5.74) is 2.34. The number of nitrogens with one attached hydrogen (secondary N) is 3. The zero-order valence-electron chi connectivity index (χ0n) is 15.8. The average molecular weight is 414 g/mol. The Bertz CT molecular complexity index is 1300. The molecule has 3 heterocycles. The molecule has 0 aliphatic carbocycles. The van der Waals surface area contributed by atoms with Gasteiger partial charge in [-0.2, -0.15) is 10.2 Å². The zero-order chi connectivity index (χ0) is 20.6. The highest BCUT2D eigenvalue weighted by Gasteiger charge is 2.19. The number of sulfonamides is 1. The summed E-state index contributed by atoms with van der Waals surface area (Å²) in [6.07, 6.45) is 3.05. The average Bonchev–Trinajstić information content (AvgIpc) is 3.34. The highest BCUT2D eigenvalue weighted by molar-refractivity contribution is 7.89. The van der Waals surface area contributed by atoms with Crippen LogP contribution in [0.25, 0.3) is 22.4 Å². The van der Waals surface area contributed by atoms with E-state index in [9.17, 15) is 8.42 Å². The van der Waals surface area contributed by atoms with Crippen LogP contribution < -0.4 is 14.8 Å². The van der Waals surface area contributed by atoms with Gasteiger partial charge in [0.2, 0.25) is 10.0 Å². The molecule has 0 radical (unpaired) electrons. The van der Waals surface area contributed by atoms with Crippen molar-refractivity contribution in [1.82, 2.24) is 34.7 Å². The Morgan fingerprint density at radius 3 is 2.72 bits per heavy atom. The number of aromatic nitrogens is 6. The predicted octanol–water partition coefficient (Wildman–Crippen LogP) is 1.41. The molecule has 0 bridgehead atoms. The Hall–Kier alpha value is -3.51. The van der Waals surface area contributed by atoms with E-state index in [1.165, 1.54) is 32.6 Å². The first-order chi connectivity index (χ1) is 13.9. The van der Waals surface area contributed by atoms with Crippen LogP contribution in [0, 0.1) is 0 Å². The quantitative estimate of drug-likeness (QED) is 0.430. The molecule has 0 aliphatic heterocycles. The third kappa shape index (κ3) is 3.28. The van der Waals surface area contributed by atoms with Crippen molar-refractivity contribution in [2.75, 3.05) is 19.5 Å². The fourth-order valence-corrected chi connectivity index (χ4v) is 3.70. The lowest BCUT2D eigenvalue weighted by Crippen LogP contribution is -2.18. The number of aromatic amines is 1. The molecule has 1 aromatic carbocycles. The van der Waals surface area contributed by atoms with E-state index in [-0.39, 0.29) is 4.90 Å². The van der Waals surface area contributed by atoms with E-state index in [2.05, 4.69) is 35.3 Å². The molecule has 150 valence electrons. The maximum Gasteiger partial charge on any atom is 0.240 e. The molecule has 0 spiro atoms. The van der Waals surface area contributed by atoms with E-state index >= 15 is 0 Å². The lowest BCUT2D eigenvalue weighted by molar-refractivity contribution is 0.416. The summed E-state index contributed by atoms with van der Waals surface area (Å²) in [6, 6.07) is 6.34. The number of hydrogen-bond donors (Lipinski definition) is 3. The van der Waals surface area contributed by atoms with Crippen LogP contribution >= 0.6 is 0 Å². The van der Waals surface area contributed by atoms with Gasteiger partial charge < -0.3 is 10.1 Å². The summed E-state index contributed by atoms with van der Waals surface area (Å²) in [7, 11) is 1.03. The van der Waals surface area contributed by atoms with Crippen LogP contribution in [0.3, 0.4) is 0 Å². The van der Waals surface area contributed by atoms with Gasteiger partial charge in [0, 0.05) is 13.2 Å². The molecular weight excluding hydrogens is 396 g/mol. The van der Waals surface area contributed by atoms with Crippen LogP contribution in [0.15, 0.2) is 41.7 Å². The Balaban J connectivity index is 1.86. The molecule has 0 unspecified atom stereocenters. The number of rotatable bonds is 6. The lowest BCUT2D eigenvalue weighted by atomic mass is 10.2. The molecule has 3 aromatic heterocycles. The summed E-state index contributed by atoms with van der Waals surface area (Å²) in [4.78, 5) is 8.64. The van der Waals surface area contributed by atoms with Gasteiger partial charge >= 0.3 is 0 Å². The Morgan fingerprint density at radius 1 is 1.21 bits per heavy atom. The third-order valence-corrected chi connectivity index (χ3v) is 5.84. The minimum Gasteiger partial charge on any atom is -0.495 e. The fourth-order valence-electron chi connectivity index (χ4n) is 2.94. The molecule has 0 atom stereocenters. The number of fused-ring (bicyclic) bond motifs is 1. The van der Waals surface area contributed by atoms with Gasteiger partial charge in [-0.3, -0.25) is 9.78 Å². The maximum atomic E-state index is 12.2. The van der Waals surface area contributed by atoms with Gasteiger partial charge in [-0.25, -0.2) is 23.1 Å². The molecular formula is C17H18N8O3S. The summed E-state index contributed by atoms with van der Waals surface area (Å²) in [5, 5.41) is 15.2. The SMILES string of the molecule is CNS(=O)(=O)c1ccc(OC)c(Nc2ncnc3[nH]nc(-c4ccnn4C)c23)c1. The van der Waals surface area contributed by atoms with Crippen LogP contribution in [-0.4, -0.2) is 52.5 Å². The molecule has 29 heavy (non-hydrogen) atoms. The van der Waals surface area contributed by atoms with Crippen molar-refractivity contribution in [3.8, 4) is 17.1 Å². The smallest absolute Gasteiger partial charge is 0.240 e. The number of H-pyrrole nitrogens is 1. The first-order valence-corrected chi connectivity index (χ1v) is 9.99. The molecule has 0 amide bonds. The van der Waals surface area contributed by atoms with Crippen molar-refractivity contribution in [2.45, 2.75) is 4.90 Å². The van der Waals surface area contributed by atoms with Crippen LogP contribution in [0.2, 0.25) is 0 Å². The van der Waals surface area contributed by atoms with Gasteiger partial charge in [0.05, 0.1) is 28.8 Å². The van der Waals surface area contributed by atoms with Gasteiger partial charge in [-0.1, -0.05) is 0 Å². The standard InChI is InChI=1S/C17H18N8O3S/c1-18-29(26,27)10-4-5-13(28-3)11(8-10)22-16-14-15(12-6-7-21-25(12)2)23-24-17(14)20-9-19-16/h4-9,18H,1-3H3,(H2,19,20,22,23,24). The molecule has 11 nitrogen and oxygen atoms in total. The van der Waals surface area contributed by atoms with E-state index in [0.717, 1.165) is 5.69 Å². The molecule has 0 saturated carbocycles.